The van der Waals surface area contributed by atoms with E-state index in [2.05, 4.69) is 4.98 Å². The van der Waals surface area contributed by atoms with Crippen molar-refractivity contribution in [1.82, 2.24) is 9.38 Å². The number of aromatic nitrogens is 2. The molecule has 0 aliphatic heterocycles. The first-order valence-electron chi connectivity index (χ1n) is 6.23. The van der Waals surface area contributed by atoms with Crippen LogP contribution in [0.2, 0.25) is 5.02 Å². The Balaban J connectivity index is 2.43. The second-order valence-electron chi connectivity index (χ2n) is 4.54. The molecule has 0 unspecified atom stereocenters. The van der Waals surface area contributed by atoms with E-state index < -0.39 is 11.9 Å². The van der Waals surface area contributed by atoms with Crippen molar-refractivity contribution in [3.63, 3.8) is 0 Å². The zero-order valence-electron chi connectivity index (χ0n) is 11.0. The predicted octanol–water partition coefficient (Wildman–Crippen LogP) is 3.05. The van der Waals surface area contributed by atoms with Crippen LogP contribution in [0.15, 0.2) is 42.5 Å². The van der Waals surface area contributed by atoms with Gasteiger partial charge in [-0.15, -0.1) is 0 Å². The second-order valence-corrected chi connectivity index (χ2v) is 4.97. The van der Waals surface area contributed by atoms with E-state index >= 15 is 0 Å². The molecule has 0 aliphatic rings. The summed E-state index contributed by atoms with van der Waals surface area (Å²) in [5, 5.41) is 19.1. The van der Waals surface area contributed by atoms with Crippen LogP contribution in [-0.2, 0) is 0 Å². The number of carboxylic acid groups (broad SMARTS) is 2. The number of pyridine rings is 1. The number of aromatic carboxylic acids is 2. The molecule has 7 heteroatoms. The lowest BCUT2D eigenvalue weighted by molar-refractivity contribution is 0.0678. The maximum Gasteiger partial charge on any atom is 0.356 e. The lowest BCUT2D eigenvalue weighted by atomic mass is 10.2. The fourth-order valence-electron chi connectivity index (χ4n) is 2.28. The van der Waals surface area contributed by atoms with Crippen molar-refractivity contribution >= 4 is 29.1 Å². The molecule has 0 atom stereocenters. The molecule has 0 amide bonds. The largest absolute Gasteiger partial charge is 0.477 e. The van der Waals surface area contributed by atoms with E-state index in [1.165, 1.54) is 22.6 Å². The van der Waals surface area contributed by atoms with Crippen molar-refractivity contribution in [1.29, 1.82) is 0 Å². The van der Waals surface area contributed by atoms with E-state index in [1.54, 1.807) is 24.3 Å². The van der Waals surface area contributed by atoms with Gasteiger partial charge in [-0.25, -0.2) is 14.6 Å². The summed E-state index contributed by atoms with van der Waals surface area (Å²) in [6.45, 7) is 0. The molecule has 0 bridgehead atoms. The monoisotopic (exact) mass is 316 g/mol. The predicted molar refractivity (Wildman–Crippen MR) is 79.6 cm³/mol. The average molecular weight is 317 g/mol. The van der Waals surface area contributed by atoms with Crippen LogP contribution in [-0.4, -0.2) is 31.5 Å². The van der Waals surface area contributed by atoms with Crippen molar-refractivity contribution in [3.8, 4) is 11.4 Å². The van der Waals surface area contributed by atoms with Crippen LogP contribution in [0.4, 0.5) is 0 Å². The van der Waals surface area contributed by atoms with Crippen LogP contribution < -0.4 is 0 Å². The molecule has 3 aromatic rings. The van der Waals surface area contributed by atoms with E-state index in [9.17, 15) is 19.8 Å². The highest BCUT2D eigenvalue weighted by molar-refractivity contribution is 6.30. The van der Waals surface area contributed by atoms with Gasteiger partial charge in [0.15, 0.2) is 5.69 Å². The zero-order chi connectivity index (χ0) is 15.9. The van der Waals surface area contributed by atoms with Crippen LogP contribution in [0, 0.1) is 0 Å². The van der Waals surface area contributed by atoms with Crippen molar-refractivity contribution in [2.75, 3.05) is 0 Å². The van der Waals surface area contributed by atoms with Gasteiger partial charge in [0.05, 0.1) is 5.52 Å². The molecule has 3 rings (SSSR count). The standard InChI is InChI=1S/C15H9ClN2O4/c16-9-4-1-3-8(7-9)13-17-12(15(21)22)10-5-2-6-11(14(19)20)18(10)13/h1-7H,(H,19,20)(H,21,22). The molecule has 2 aromatic heterocycles. The van der Waals surface area contributed by atoms with Gasteiger partial charge in [-0.1, -0.05) is 29.8 Å². The molecule has 0 saturated heterocycles. The first-order valence-corrected chi connectivity index (χ1v) is 6.61. The summed E-state index contributed by atoms with van der Waals surface area (Å²) in [5.74, 6) is -2.19. The molecular weight excluding hydrogens is 308 g/mol. The van der Waals surface area contributed by atoms with E-state index in [4.69, 9.17) is 11.6 Å². The Morgan fingerprint density at radius 2 is 1.77 bits per heavy atom. The maximum absolute atomic E-state index is 11.4. The molecule has 0 fully saturated rings. The number of fused-ring (bicyclic) bond motifs is 1. The summed E-state index contributed by atoms with van der Waals surface area (Å²) in [4.78, 5) is 26.9. The number of hydrogen-bond donors (Lipinski definition) is 2. The first-order chi connectivity index (χ1) is 10.5. The average Bonchev–Trinajstić information content (AvgIpc) is 2.86. The normalized spacial score (nSPS) is 10.8. The minimum Gasteiger partial charge on any atom is -0.477 e. The van der Waals surface area contributed by atoms with Crippen LogP contribution in [0.3, 0.4) is 0 Å². The van der Waals surface area contributed by atoms with Crippen molar-refractivity contribution in [3.05, 3.63) is 58.9 Å². The molecule has 0 spiro atoms. The van der Waals surface area contributed by atoms with Gasteiger partial charge >= 0.3 is 11.9 Å². The number of hydrogen-bond acceptors (Lipinski definition) is 3. The fourth-order valence-corrected chi connectivity index (χ4v) is 2.47. The molecular formula is C15H9ClN2O4. The number of carbonyl (C=O) groups is 2. The number of halogens is 1. The third-order valence-corrected chi connectivity index (χ3v) is 3.40. The third kappa shape index (κ3) is 2.19. The van der Waals surface area contributed by atoms with Gasteiger partial charge in [0.1, 0.15) is 11.5 Å². The van der Waals surface area contributed by atoms with Gasteiger partial charge in [-0.05, 0) is 24.3 Å². The minimum atomic E-state index is -1.23. The number of carboxylic acids is 2. The van der Waals surface area contributed by atoms with Crippen molar-refractivity contribution in [2.45, 2.75) is 0 Å². The Morgan fingerprint density at radius 1 is 1.05 bits per heavy atom. The molecule has 0 radical (unpaired) electrons. The Labute approximate surface area is 129 Å². The molecule has 2 N–H and O–H groups in total. The maximum atomic E-state index is 11.4. The van der Waals surface area contributed by atoms with Gasteiger partial charge in [-0.2, -0.15) is 0 Å². The zero-order valence-corrected chi connectivity index (χ0v) is 11.8. The molecule has 0 saturated carbocycles. The Morgan fingerprint density at radius 3 is 2.41 bits per heavy atom. The van der Waals surface area contributed by atoms with E-state index in [0.717, 1.165) is 0 Å². The number of rotatable bonds is 3. The van der Waals surface area contributed by atoms with Crippen LogP contribution in [0.5, 0.6) is 0 Å². The summed E-state index contributed by atoms with van der Waals surface area (Å²) in [7, 11) is 0. The van der Waals surface area contributed by atoms with Crippen LogP contribution in [0.25, 0.3) is 16.9 Å². The Hall–Kier alpha value is -2.86. The SMILES string of the molecule is O=C(O)c1nc(-c2cccc(Cl)c2)n2c(C(=O)O)cccc12. The van der Waals surface area contributed by atoms with Gasteiger partial charge in [0.25, 0.3) is 0 Å². The lowest BCUT2D eigenvalue weighted by Crippen LogP contribution is -2.06. The van der Waals surface area contributed by atoms with Crippen molar-refractivity contribution in [2.24, 2.45) is 0 Å². The smallest absolute Gasteiger partial charge is 0.356 e. The fraction of sp³-hybridized carbons (Fsp3) is 0. The molecule has 1 aromatic carbocycles. The highest BCUT2D eigenvalue weighted by Gasteiger charge is 2.21. The van der Waals surface area contributed by atoms with Crippen LogP contribution in [0.1, 0.15) is 21.0 Å². The Kier molecular flexibility index (Phi) is 3.30. The van der Waals surface area contributed by atoms with Gasteiger partial charge < -0.3 is 10.2 Å². The molecule has 0 aliphatic carbocycles. The third-order valence-electron chi connectivity index (χ3n) is 3.17. The minimum absolute atomic E-state index is 0.0764. The molecule has 110 valence electrons. The summed E-state index contributed by atoms with van der Waals surface area (Å²) in [6.07, 6.45) is 0. The number of nitrogens with zero attached hydrogens (tertiary/aromatic N) is 2. The summed E-state index contributed by atoms with van der Waals surface area (Å²) < 4.78 is 1.30. The first kappa shape index (κ1) is 14.1. The van der Waals surface area contributed by atoms with Crippen LogP contribution >= 0.6 is 11.6 Å². The van der Waals surface area contributed by atoms with Gasteiger partial charge in [-0.3, -0.25) is 4.40 Å². The quantitative estimate of drug-likeness (QED) is 0.774. The summed E-state index contributed by atoms with van der Waals surface area (Å²) in [5.41, 5.74) is 0.455. The highest BCUT2D eigenvalue weighted by atomic mass is 35.5. The number of imidazole rings is 1. The number of benzene rings is 1. The van der Waals surface area contributed by atoms with E-state index in [-0.39, 0.29) is 22.7 Å². The Bertz CT molecular complexity index is 917. The lowest BCUT2D eigenvalue weighted by Gasteiger charge is -2.05. The second kappa shape index (κ2) is 5.16. The molecule has 6 nitrogen and oxygen atoms in total. The van der Waals surface area contributed by atoms with Gasteiger partial charge in [0, 0.05) is 10.6 Å². The van der Waals surface area contributed by atoms with E-state index in [1.807, 2.05) is 0 Å². The summed E-state index contributed by atoms with van der Waals surface area (Å²) >= 11 is 5.95. The van der Waals surface area contributed by atoms with Gasteiger partial charge in [0.2, 0.25) is 0 Å². The highest BCUT2D eigenvalue weighted by Crippen LogP contribution is 2.26. The van der Waals surface area contributed by atoms with Crippen molar-refractivity contribution < 1.29 is 19.8 Å². The summed E-state index contributed by atoms with van der Waals surface area (Å²) in [6, 6.07) is 11.0. The molecule has 2 heterocycles. The van der Waals surface area contributed by atoms with E-state index in [0.29, 0.717) is 10.6 Å². The molecule has 22 heavy (non-hydrogen) atoms. The topological polar surface area (TPSA) is 91.9 Å².